The number of fused-ring (bicyclic) bond motifs is 1. The Kier molecular flexibility index (Phi) is 5.58. The molecule has 2 heterocycles. The molecule has 1 fully saturated rings. The van der Waals surface area contributed by atoms with Crippen LogP contribution in [0.3, 0.4) is 0 Å². The van der Waals surface area contributed by atoms with Crippen LogP contribution in [0.1, 0.15) is 39.2 Å². The molecule has 3 rings (SSSR count). The molecule has 2 aliphatic rings. The number of nitrogens with zero attached hydrogens (tertiary/aromatic N) is 2. The zero-order chi connectivity index (χ0) is 18.9. The van der Waals surface area contributed by atoms with Crippen molar-refractivity contribution in [1.82, 2.24) is 4.90 Å². The lowest BCUT2D eigenvalue weighted by molar-refractivity contribution is 0.0292. The number of carbonyl (C=O) groups excluding carboxylic acids is 1. The van der Waals surface area contributed by atoms with E-state index < -0.39 is 5.60 Å². The van der Waals surface area contributed by atoms with Crippen molar-refractivity contribution < 1.29 is 19.2 Å². The third-order valence-corrected chi connectivity index (χ3v) is 4.90. The summed E-state index contributed by atoms with van der Waals surface area (Å²) in [4.78, 5) is 16.4. The molecule has 0 spiro atoms. The first-order valence-corrected chi connectivity index (χ1v) is 9.36. The van der Waals surface area contributed by atoms with E-state index in [0.29, 0.717) is 31.5 Å². The highest BCUT2D eigenvalue weighted by molar-refractivity contribution is 6.31. The van der Waals surface area contributed by atoms with E-state index in [1.54, 1.807) is 11.0 Å². The van der Waals surface area contributed by atoms with Gasteiger partial charge in [-0.1, -0.05) is 11.6 Å². The molecule has 1 amide bonds. The largest absolute Gasteiger partial charge is 0.569 e. The number of rotatable bonds is 3. The Morgan fingerprint density at radius 2 is 2.12 bits per heavy atom. The summed E-state index contributed by atoms with van der Waals surface area (Å²) in [6.07, 6.45) is 2.52. The Balaban J connectivity index is 1.79. The van der Waals surface area contributed by atoms with E-state index in [9.17, 15) is 4.79 Å². The second-order valence-corrected chi connectivity index (χ2v) is 8.24. The Bertz CT molecular complexity index is 680. The standard InChI is InChI=1S/C18H25BClN2O4/c1-18(2,3)25-17(23)21-8-6-14(11-21)22-7-4-5-12-9-13(20)10-15(16(12)22)26-19-24/h9-10,14,24H,4-8,11H2,1-3H3. The first kappa shape index (κ1) is 19.2. The number of carbonyl (C=O) groups is 1. The first-order valence-electron chi connectivity index (χ1n) is 8.98. The maximum absolute atomic E-state index is 12.4. The van der Waals surface area contributed by atoms with Crippen LogP contribution in [0.15, 0.2) is 12.1 Å². The summed E-state index contributed by atoms with van der Waals surface area (Å²) in [6, 6.07) is 3.85. The fraction of sp³-hybridized carbons (Fsp3) is 0.611. The molecule has 2 aliphatic heterocycles. The van der Waals surface area contributed by atoms with Crippen molar-refractivity contribution in [2.24, 2.45) is 0 Å². The van der Waals surface area contributed by atoms with Crippen LogP contribution in [0.4, 0.5) is 10.5 Å². The highest BCUT2D eigenvalue weighted by atomic mass is 35.5. The Labute approximate surface area is 160 Å². The molecule has 141 valence electrons. The van der Waals surface area contributed by atoms with Crippen LogP contribution in [-0.4, -0.2) is 55.0 Å². The topological polar surface area (TPSA) is 62.2 Å². The monoisotopic (exact) mass is 379 g/mol. The van der Waals surface area contributed by atoms with E-state index >= 15 is 0 Å². The molecule has 0 saturated carbocycles. The molecule has 1 aromatic carbocycles. The normalized spacial score (nSPS) is 20.0. The van der Waals surface area contributed by atoms with Gasteiger partial charge in [0.05, 0.1) is 5.69 Å². The van der Waals surface area contributed by atoms with E-state index in [1.807, 2.05) is 26.8 Å². The summed E-state index contributed by atoms with van der Waals surface area (Å²) in [5.41, 5.74) is 1.57. The van der Waals surface area contributed by atoms with E-state index in [0.717, 1.165) is 37.1 Å². The number of likely N-dealkylation sites (tertiary alicyclic amines) is 1. The Hall–Kier alpha value is -1.60. The quantitative estimate of drug-likeness (QED) is 0.818. The molecule has 1 aromatic rings. The molecule has 1 radical (unpaired) electrons. The van der Waals surface area contributed by atoms with Gasteiger partial charge in [0, 0.05) is 30.7 Å². The van der Waals surface area contributed by atoms with Crippen LogP contribution >= 0.6 is 11.6 Å². The summed E-state index contributed by atoms with van der Waals surface area (Å²) in [7, 11) is 0.681. The molecule has 0 aromatic heterocycles. The maximum Gasteiger partial charge on any atom is 0.569 e. The number of aryl methyl sites for hydroxylation is 1. The zero-order valence-corrected chi connectivity index (χ0v) is 16.3. The molecule has 0 aliphatic carbocycles. The Morgan fingerprint density at radius 1 is 1.35 bits per heavy atom. The molecular weight excluding hydrogens is 354 g/mol. The number of ether oxygens (including phenoxy) is 1. The van der Waals surface area contributed by atoms with Crippen molar-refractivity contribution in [3.8, 4) is 5.75 Å². The average molecular weight is 380 g/mol. The maximum atomic E-state index is 12.4. The van der Waals surface area contributed by atoms with Crippen molar-refractivity contribution in [3.05, 3.63) is 22.7 Å². The lowest BCUT2D eigenvalue weighted by Gasteiger charge is -2.37. The summed E-state index contributed by atoms with van der Waals surface area (Å²) in [6.45, 7) is 7.78. The summed E-state index contributed by atoms with van der Waals surface area (Å²) in [5, 5.41) is 9.70. The van der Waals surface area contributed by atoms with E-state index in [1.165, 1.54) is 0 Å². The Morgan fingerprint density at radius 3 is 2.81 bits per heavy atom. The van der Waals surface area contributed by atoms with Gasteiger partial charge in [-0.05, 0) is 57.7 Å². The van der Waals surface area contributed by atoms with Gasteiger partial charge in [0.15, 0.2) is 0 Å². The fourth-order valence-electron chi connectivity index (χ4n) is 3.70. The van der Waals surface area contributed by atoms with E-state index in [4.69, 9.17) is 26.0 Å². The van der Waals surface area contributed by atoms with Gasteiger partial charge in [0.25, 0.3) is 0 Å². The number of halogens is 1. The van der Waals surface area contributed by atoms with Gasteiger partial charge < -0.3 is 24.2 Å². The SMILES string of the molecule is CC(C)(C)OC(=O)N1CCC(N2CCCc3cc(Cl)cc(O[B]O)c32)C1. The highest BCUT2D eigenvalue weighted by Gasteiger charge is 2.35. The third kappa shape index (κ3) is 4.21. The first-order chi connectivity index (χ1) is 12.3. The molecule has 6 nitrogen and oxygen atoms in total. The zero-order valence-electron chi connectivity index (χ0n) is 15.5. The van der Waals surface area contributed by atoms with Gasteiger partial charge >= 0.3 is 13.8 Å². The van der Waals surface area contributed by atoms with Gasteiger partial charge in [-0.3, -0.25) is 0 Å². The molecule has 26 heavy (non-hydrogen) atoms. The van der Waals surface area contributed by atoms with Crippen LogP contribution in [0, 0.1) is 0 Å². The van der Waals surface area contributed by atoms with Crippen LogP contribution in [0.5, 0.6) is 5.75 Å². The van der Waals surface area contributed by atoms with Crippen molar-refractivity contribution in [3.63, 3.8) is 0 Å². The minimum Gasteiger partial charge on any atom is -0.536 e. The number of hydrogen-bond donors (Lipinski definition) is 1. The van der Waals surface area contributed by atoms with Crippen LogP contribution in [0.25, 0.3) is 0 Å². The van der Waals surface area contributed by atoms with Crippen LogP contribution in [-0.2, 0) is 11.2 Å². The van der Waals surface area contributed by atoms with Gasteiger partial charge in [-0.25, -0.2) is 4.79 Å². The minimum absolute atomic E-state index is 0.184. The average Bonchev–Trinajstić information content (AvgIpc) is 3.02. The minimum atomic E-state index is -0.498. The van der Waals surface area contributed by atoms with Crippen LogP contribution < -0.4 is 9.55 Å². The summed E-state index contributed by atoms with van der Waals surface area (Å²) < 4.78 is 10.8. The van der Waals surface area contributed by atoms with Crippen LogP contribution in [0.2, 0.25) is 5.02 Å². The van der Waals surface area contributed by atoms with Crippen molar-refractivity contribution in [2.45, 2.75) is 51.7 Å². The number of benzene rings is 1. The third-order valence-electron chi connectivity index (χ3n) is 4.69. The van der Waals surface area contributed by atoms with Crippen molar-refractivity contribution >= 4 is 31.1 Å². The van der Waals surface area contributed by atoms with Gasteiger partial charge in [0.1, 0.15) is 11.4 Å². The number of anilines is 1. The van der Waals surface area contributed by atoms with E-state index in [-0.39, 0.29) is 12.1 Å². The second-order valence-electron chi connectivity index (χ2n) is 7.80. The fourth-order valence-corrected chi connectivity index (χ4v) is 3.93. The molecule has 8 heteroatoms. The predicted octanol–water partition coefficient (Wildman–Crippen LogP) is 3.01. The number of amides is 1. The second kappa shape index (κ2) is 7.57. The van der Waals surface area contributed by atoms with Gasteiger partial charge in [0.2, 0.25) is 0 Å². The van der Waals surface area contributed by atoms with Gasteiger partial charge in [-0.2, -0.15) is 0 Å². The molecule has 1 N–H and O–H groups in total. The molecule has 1 unspecified atom stereocenters. The van der Waals surface area contributed by atoms with E-state index in [2.05, 4.69) is 4.90 Å². The van der Waals surface area contributed by atoms with Gasteiger partial charge in [-0.15, -0.1) is 0 Å². The molecule has 1 saturated heterocycles. The lowest BCUT2D eigenvalue weighted by Crippen LogP contribution is -2.43. The summed E-state index contributed by atoms with van der Waals surface area (Å²) in [5.74, 6) is 0.547. The lowest BCUT2D eigenvalue weighted by atomic mass is 9.98. The molecular formula is C18H25BClN2O4. The molecule has 1 atom stereocenters. The smallest absolute Gasteiger partial charge is 0.536 e. The van der Waals surface area contributed by atoms with Crippen molar-refractivity contribution in [1.29, 1.82) is 0 Å². The molecule has 0 bridgehead atoms. The summed E-state index contributed by atoms with van der Waals surface area (Å²) >= 11 is 6.19. The number of hydrogen-bond acceptors (Lipinski definition) is 5. The van der Waals surface area contributed by atoms with Crippen molar-refractivity contribution in [2.75, 3.05) is 24.5 Å². The predicted molar refractivity (Wildman–Crippen MR) is 102 cm³/mol. The highest BCUT2D eigenvalue weighted by Crippen LogP contribution is 2.41.